The van der Waals surface area contributed by atoms with Crippen molar-refractivity contribution in [2.45, 2.75) is 45.8 Å². The minimum Gasteiger partial charge on any atom is -0.494 e. The highest BCUT2D eigenvalue weighted by atomic mass is 16.6. The highest BCUT2D eigenvalue weighted by molar-refractivity contribution is 6.09. The summed E-state index contributed by atoms with van der Waals surface area (Å²) in [6, 6.07) is 24.3. The molecule has 5 aromatic rings. The SMILES string of the molecule is CCOc1cc2c([nH]c3ccccc32)c(C[C@H](C)OC(=O)[C@](C)(OC)c2cccc3ccccc23)c1C. The molecule has 0 fully saturated rings. The molecule has 0 aliphatic heterocycles. The van der Waals surface area contributed by atoms with E-state index in [1.54, 1.807) is 14.0 Å². The van der Waals surface area contributed by atoms with Crippen molar-refractivity contribution < 1.29 is 19.0 Å². The molecule has 4 aromatic carbocycles. The van der Waals surface area contributed by atoms with Gasteiger partial charge < -0.3 is 19.2 Å². The summed E-state index contributed by atoms with van der Waals surface area (Å²) < 4.78 is 17.9. The minimum absolute atomic E-state index is 0.387. The van der Waals surface area contributed by atoms with E-state index < -0.39 is 11.6 Å². The predicted octanol–water partition coefficient (Wildman–Crippen LogP) is 7.22. The van der Waals surface area contributed by atoms with Crippen molar-refractivity contribution in [3.05, 3.63) is 89.5 Å². The number of carbonyl (C=O) groups is 1. The summed E-state index contributed by atoms with van der Waals surface area (Å²) in [4.78, 5) is 17.2. The van der Waals surface area contributed by atoms with E-state index in [0.717, 1.165) is 55.0 Å². The second-order valence-electron chi connectivity index (χ2n) is 9.69. The second-order valence-corrected chi connectivity index (χ2v) is 9.69. The lowest BCUT2D eigenvalue weighted by atomic mass is 9.90. The van der Waals surface area contributed by atoms with Gasteiger partial charge in [-0.15, -0.1) is 0 Å². The van der Waals surface area contributed by atoms with E-state index in [0.29, 0.717) is 13.0 Å². The van der Waals surface area contributed by atoms with Crippen LogP contribution in [0.1, 0.15) is 37.5 Å². The maximum absolute atomic E-state index is 13.6. The van der Waals surface area contributed by atoms with E-state index in [2.05, 4.69) is 30.1 Å². The van der Waals surface area contributed by atoms with E-state index in [9.17, 15) is 4.79 Å². The zero-order valence-corrected chi connectivity index (χ0v) is 22.1. The fraction of sp³-hybridized carbons (Fsp3) is 0.281. The van der Waals surface area contributed by atoms with Crippen molar-refractivity contribution >= 4 is 38.5 Å². The third-order valence-electron chi connectivity index (χ3n) is 7.35. The molecule has 0 saturated heterocycles. The Morgan fingerprint density at radius 3 is 2.43 bits per heavy atom. The molecule has 0 unspecified atom stereocenters. The maximum Gasteiger partial charge on any atom is 0.343 e. The summed E-state index contributed by atoms with van der Waals surface area (Å²) in [5.74, 6) is 0.441. The van der Waals surface area contributed by atoms with Crippen molar-refractivity contribution in [1.82, 2.24) is 4.98 Å². The summed E-state index contributed by atoms with van der Waals surface area (Å²) in [6.07, 6.45) is 0.152. The van der Waals surface area contributed by atoms with Gasteiger partial charge in [-0.25, -0.2) is 4.79 Å². The van der Waals surface area contributed by atoms with Crippen molar-refractivity contribution in [2.24, 2.45) is 0 Å². The first-order valence-corrected chi connectivity index (χ1v) is 12.8. The van der Waals surface area contributed by atoms with Gasteiger partial charge in [0.25, 0.3) is 0 Å². The van der Waals surface area contributed by atoms with Gasteiger partial charge in [-0.2, -0.15) is 0 Å². The Bertz CT molecular complexity index is 1600. The van der Waals surface area contributed by atoms with Crippen LogP contribution in [0, 0.1) is 6.92 Å². The first-order valence-electron chi connectivity index (χ1n) is 12.8. The lowest BCUT2D eigenvalue weighted by Gasteiger charge is -2.29. The molecule has 0 saturated carbocycles. The van der Waals surface area contributed by atoms with E-state index in [-0.39, 0.29) is 6.10 Å². The molecule has 1 N–H and O–H groups in total. The number of aromatic nitrogens is 1. The van der Waals surface area contributed by atoms with Crippen LogP contribution < -0.4 is 4.74 Å². The monoisotopic (exact) mass is 495 g/mol. The lowest BCUT2D eigenvalue weighted by molar-refractivity contribution is -0.173. The molecular weight excluding hydrogens is 462 g/mol. The Kier molecular flexibility index (Phi) is 6.65. The zero-order chi connectivity index (χ0) is 26.2. The van der Waals surface area contributed by atoms with Gasteiger partial charge in [0.2, 0.25) is 0 Å². The number of carbonyl (C=O) groups excluding carboxylic acids is 1. The Morgan fingerprint density at radius 2 is 1.68 bits per heavy atom. The van der Waals surface area contributed by atoms with Crippen molar-refractivity contribution in [3.8, 4) is 5.75 Å². The maximum atomic E-state index is 13.6. The summed E-state index contributed by atoms with van der Waals surface area (Å²) in [7, 11) is 1.55. The van der Waals surface area contributed by atoms with Crippen LogP contribution in [0.2, 0.25) is 0 Å². The number of methoxy groups -OCH3 is 1. The summed E-state index contributed by atoms with van der Waals surface area (Å²) >= 11 is 0. The number of hydrogen-bond donors (Lipinski definition) is 1. The van der Waals surface area contributed by atoms with Crippen LogP contribution in [0.5, 0.6) is 5.75 Å². The molecule has 37 heavy (non-hydrogen) atoms. The smallest absolute Gasteiger partial charge is 0.343 e. The normalized spacial score (nSPS) is 14.1. The van der Waals surface area contributed by atoms with Crippen molar-refractivity contribution in [1.29, 1.82) is 0 Å². The van der Waals surface area contributed by atoms with Gasteiger partial charge in [-0.1, -0.05) is 60.7 Å². The third kappa shape index (κ3) is 4.34. The third-order valence-corrected chi connectivity index (χ3v) is 7.35. The van der Waals surface area contributed by atoms with Gasteiger partial charge in [0.15, 0.2) is 5.60 Å². The predicted molar refractivity (Wildman–Crippen MR) is 149 cm³/mol. The number of ether oxygens (including phenoxy) is 3. The molecule has 1 aromatic heterocycles. The molecule has 0 spiro atoms. The van der Waals surface area contributed by atoms with Gasteiger partial charge >= 0.3 is 5.97 Å². The van der Waals surface area contributed by atoms with Crippen LogP contribution in [-0.4, -0.2) is 30.8 Å². The van der Waals surface area contributed by atoms with E-state index in [1.807, 2.05) is 68.4 Å². The van der Waals surface area contributed by atoms with Gasteiger partial charge in [-0.05, 0) is 61.7 Å². The fourth-order valence-electron chi connectivity index (χ4n) is 5.26. The number of esters is 1. The molecule has 0 aliphatic rings. The van der Waals surface area contributed by atoms with Crippen LogP contribution in [0.3, 0.4) is 0 Å². The molecule has 5 heteroatoms. The number of hydrogen-bond acceptors (Lipinski definition) is 4. The molecule has 0 amide bonds. The standard InChI is InChI=1S/C32H33NO4/c1-6-36-29-19-26-24-15-9-10-17-28(24)33-30(26)25(21(29)3)18-20(2)37-31(34)32(4,35-5)27-16-11-13-22-12-7-8-14-23(22)27/h7-17,19-20,33H,6,18H2,1-5H3/t20-,32+/m0/s1. The molecule has 5 rings (SSSR count). The summed E-state index contributed by atoms with van der Waals surface area (Å²) in [5, 5.41) is 4.27. The zero-order valence-electron chi connectivity index (χ0n) is 22.1. The molecule has 0 bridgehead atoms. The molecule has 0 radical (unpaired) electrons. The Labute approximate surface area is 217 Å². The molecule has 1 heterocycles. The first-order chi connectivity index (χ1) is 17.9. The fourth-order valence-corrected chi connectivity index (χ4v) is 5.26. The second kappa shape index (κ2) is 9.91. The largest absolute Gasteiger partial charge is 0.494 e. The quantitative estimate of drug-likeness (QED) is 0.231. The number of para-hydroxylation sites is 1. The van der Waals surface area contributed by atoms with Crippen LogP contribution in [0.4, 0.5) is 0 Å². The average Bonchev–Trinajstić information content (AvgIpc) is 3.28. The van der Waals surface area contributed by atoms with Crippen LogP contribution in [-0.2, 0) is 26.3 Å². The molecular formula is C32H33NO4. The molecule has 2 atom stereocenters. The Balaban J connectivity index is 1.49. The number of H-pyrrole nitrogens is 1. The van der Waals surface area contributed by atoms with Crippen LogP contribution in [0.25, 0.3) is 32.6 Å². The Hall–Kier alpha value is -3.83. The van der Waals surface area contributed by atoms with Crippen LogP contribution in [0.15, 0.2) is 72.8 Å². The van der Waals surface area contributed by atoms with Gasteiger partial charge in [0, 0.05) is 35.4 Å². The number of fused-ring (bicyclic) bond motifs is 4. The molecule has 190 valence electrons. The number of rotatable bonds is 8. The van der Waals surface area contributed by atoms with Crippen LogP contribution >= 0.6 is 0 Å². The average molecular weight is 496 g/mol. The summed E-state index contributed by atoms with van der Waals surface area (Å²) in [5.41, 5.74) is 3.80. The Morgan fingerprint density at radius 1 is 0.973 bits per heavy atom. The number of benzene rings is 4. The van der Waals surface area contributed by atoms with E-state index in [4.69, 9.17) is 14.2 Å². The number of nitrogens with one attached hydrogen (secondary N) is 1. The highest BCUT2D eigenvalue weighted by Crippen LogP contribution is 2.37. The molecule has 5 nitrogen and oxygen atoms in total. The highest BCUT2D eigenvalue weighted by Gasteiger charge is 2.39. The topological polar surface area (TPSA) is 60.5 Å². The van der Waals surface area contributed by atoms with Crippen molar-refractivity contribution in [3.63, 3.8) is 0 Å². The lowest BCUT2D eigenvalue weighted by Crippen LogP contribution is -2.38. The minimum atomic E-state index is -1.24. The first kappa shape index (κ1) is 24.8. The number of aromatic amines is 1. The van der Waals surface area contributed by atoms with E-state index >= 15 is 0 Å². The van der Waals surface area contributed by atoms with Crippen molar-refractivity contribution in [2.75, 3.05) is 13.7 Å². The van der Waals surface area contributed by atoms with Gasteiger partial charge in [0.1, 0.15) is 11.9 Å². The summed E-state index contributed by atoms with van der Waals surface area (Å²) in [6.45, 7) is 8.34. The molecule has 0 aliphatic carbocycles. The van der Waals surface area contributed by atoms with E-state index in [1.165, 1.54) is 0 Å². The van der Waals surface area contributed by atoms with Gasteiger partial charge in [0.05, 0.1) is 12.1 Å². The van der Waals surface area contributed by atoms with Gasteiger partial charge in [-0.3, -0.25) is 0 Å².